The molecule has 0 radical (unpaired) electrons. The van der Waals surface area contributed by atoms with Gasteiger partial charge in [0.25, 0.3) is 11.8 Å². The summed E-state index contributed by atoms with van der Waals surface area (Å²) in [5.74, 6) is 0.109. The lowest BCUT2D eigenvalue weighted by Crippen LogP contribution is -2.34. The van der Waals surface area contributed by atoms with Crippen molar-refractivity contribution in [2.45, 2.75) is 46.3 Å². The Morgan fingerprint density at radius 1 is 1.04 bits per heavy atom. The fraction of sp³-hybridized carbons (Fsp3) is 0.333. The molecular weight excluding hydrogens is 328 g/mol. The van der Waals surface area contributed by atoms with Gasteiger partial charge >= 0.3 is 0 Å². The molecule has 5 heteroatoms. The molecule has 2 amide bonds. The fourth-order valence-electron chi connectivity index (χ4n) is 2.30. The lowest BCUT2D eigenvalue weighted by Gasteiger charge is -2.17. The monoisotopic (exact) mass is 354 g/mol. The minimum Gasteiger partial charge on any atom is -0.481 e. The number of nitrogens with one attached hydrogen (secondary N) is 2. The SMILES string of the molecule is CC[C@@H](C)NC(=O)c1ccccc1NC(=O)[C@H](C)Oc1ccc(C)cc1. The van der Waals surface area contributed by atoms with E-state index in [1.807, 2.05) is 45.0 Å². The van der Waals surface area contributed by atoms with Crippen LogP contribution < -0.4 is 15.4 Å². The number of amides is 2. The smallest absolute Gasteiger partial charge is 0.265 e. The molecule has 26 heavy (non-hydrogen) atoms. The molecule has 0 spiro atoms. The molecule has 2 aromatic rings. The van der Waals surface area contributed by atoms with Crippen molar-refractivity contribution in [2.75, 3.05) is 5.32 Å². The first-order valence-corrected chi connectivity index (χ1v) is 8.84. The Hall–Kier alpha value is -2.82. The van der Waals surface area contributed by atoms with Gasteiger partial charge in [0, 0.05) is 6.04 Å². The Bertz CT molecular complexity index is 756. The molecular formula is C21H26N2O3. The molecule has 0 heterocycles. The third-order valence-corrected chi connectivity index (χ3v) is 4.12. The average molecular weight is 354 g/mol. The van der Waals surface area contributed by atoms with E-state index in [0.717, 1.165) is 12.0 Å². The maximum atomic E-state index is 12.5. The molecule has 0 aliphatic carbocycles. The van der Waals surface area contributed by atoms with Crippen molar-refractivity contribution in [3.63, 3.8) is 0 Å². The van der Waals surface area contributed by atoms with Gasteiger partial charge in [0.05, 0.1) is 11.3 Å². The first-order valence-electron chi connectivity index (χ1n) is 8.84. The van der Waals surface area contributed by atoms with Gasteiger partial charge in [-0.2, -0.15) is 0 Å². The number of ether oxygens (including phenoxy) is 1. The second kappa shape index (κ2) is 9.04. The summed E-state index contributed by atoms with van der Waals surface area (Å²) in [5, 5.41) is 5.70. The normalized spacial score (nSPS) is 12.8. The van der Waals surface area contributed by atoms with Crippen molar-refractivity contribution >= 4 is 17.5 Å². The summed E-state index contributed by atoms with van der Waals surface area (Å²) in [6, 6.07) is 14.5. The molecule has 138 valence electrons. The van der Waals surface area contributed by atoms with Gasteiger partial charge in [-0.05, 0) is 51.5 Å². The molecule has 5 nitrogen and oxygen atoms in total. The highest BCUT2D eigenvalue weighted by Crippen LogP contribution is 2.18. The van der Waals surface area contributed by atoms with Gasteiger partial charge in [-0.1, -0.05) is 36.8 Å². The first kappa shape index (κ1) is 19.5. The van der Waals surface area contributed by atoms with E-state index in [2.05, 4.69) is 10.6 Å². The maximum Gasteiger partial charge on any atom is 0.265 e. The third-order valence-electron chi connectivity index (χ3n) is 4.12. The van der Waals surface area contributed by atoms with Crippen LogP contribution in [0.5, 0.6) is 5.75 Å². The lowest BCUT2D eigenvalue weighted by atomic mass is 10.1. The molecule has 2 aromatic carbocycles. The van der Waals surface area contributed by atoms with Gasteiger partial charge in [-0.25, -0.2) is 0 Å². The van der Waals surface area contributed by atoms with E-state index in [1.165, 1.54) is 0 Å². The van der Waals surface area contributed by atoms with Crippen molar-refractivity contribution in [3.05, 3.63) is 59.7 Å². The highest BCUT2D eigenvalue weighted by molar-refractivity contribution is 6.04. The Morgan fingerprint density at radius 3 is 2.35 bits per heavy atom. The van der Waals surface area contributed by atoms with Crippen molar-refractivity contribution < 1.29 is 14.3 Å². The summed E-state index contributed by atoms with van der Waals surface area (Å²) in [4.78, 5) is 24.9. The zero-order valence-corrected chi connectivity index (χ0v) is 15.7. The summed E-state index contributed by atoms with van der Waals surface area (Å²) in [6.45, 7) is 7.61. The summed E-state index contributed by atoms with van der Waals surface area (Å²) in [6.07, 6.45) is 0.144. The van der Waals surface area contributed by atoms with Crippen LogP contribution in [0.4, 0.5) is 5.69 Å². The number of anilines is 1. The highest BCUT2D eigenvalue weighted by Gasteiger charge is 2.19. The number of carbonyl (C=O) groups excluding carboxylic acids is 2. The van der Waals surface area contributed by atoms with Crippen LogP contribution in [0, 0.1) is 6.92 Å². The van der Waals surface area contributed by atoms with Crippen LogP contribution in [0.2, 0.25) is 0 Å². The molecule has 2 atom stereocenters. The molecule has 0 bridgehead atoms. The van der Waals surface area contributed by atoms with Crippen LogP contribution >= 0.6 is 0 Å². The Kier molecular flexibility index (Phi) is 6.78. The van der Waals surface area contributed by atoms with Crippen LogP contribution in [0.1, 0.15) is 43.1 Å². The molecule has 2 N–H and O–H groups in total. The van der Waals surface area contributed by atoms with E-state index in [9.17, 15) is 9.59 Å². The molecule has 0 aliphatic heterocycles. The van der Waals surface area contributed by atoms with Crippen molar-refractivity contribution in [2.24, 2.45) is 0 Å². The number of hydrogen-bond donors (Lipinski definition) is 2. The van der Waals surface area contributed by atoms with Crippen LogP contribution in [0.3, 0.4) is 0 Å². The molecule has 0 aliphatic rings. The molecule has 0 fully saturated rings. The van der Waals surface area contributed by atoms with E-state index in [0.29, 0.717) is 17.0 Å². The van der Waals surface area contributed by atoms with Crippen LogP contribution in [-0.2, 0) is 4.79 Å². The first-order chi connectivity index (χ1) is 12.4. The van der Waals surface area contributed by atoms with Crippen LogP contribution in [0.25, 0.3) is 0 Å². The predicted octanol–water partition coefficient (Wildman–Crippen LogP) is 3.93. The summed E-state index contributed by atoms with van der Waals surface area (Å²) in [7, 11) is 0. The van der Waals surface area contributed by atoms with E-state index >= 15 is 0 Å². The van der Waals surface area contributed by atoms with Crippen LogP contribution in [-0.4, -0.2) is 24.0 Å². The highest BCUT2D eigenvalue weighted by atomic mass is 16.5. The minimum atomic E-state index is -0.691. The van der Waals surface area contributed by atoms with Gasteiger partial charge in [0.1, 0.15) is 5.75 Å². The van der Waals surface area contributed by atoms with Gasteiger partial charge in [-0.3, -0.25) is 9.59 Å². The minimum absolute atomic E-state index is 0.0649. The summed E-state index contributed by atoms with van der Waals surface area (Å²) < 4.78 is 5.67. The van der Waals surface area contributed by atoms with Gasteiger partial charge in [0.2, 0.25) is 0 Å². The van der Waals surface area contributed by atoms with Gasteiger partial charge < -0.3 is 15.4 Å². The summed E-state index contributed by atoms with van der Waals surface area (Å²) in [5.41, 5.74) is 2.03. The van der Waals surface area contributed by atoms with Crippen molar-refractivity contribution in [1.29, 1.82) is 0 Å². The Morgan fingerprint density at radius 2 is 1.69 bits per heavy atom. The van der Waals surface area contributed by atoms with Crippen LogP contribution in [0.15, 0.2) is 48.5 Å². The number of para-hydroxylation sites is 1. The molecule has 0 aromatic heterocycles. The third kappa shape index (κ3) is 5.34. The molecule has 0 unspecified atom stereocenters. The fourth-order valence-corrected chi connectivity index (χ4v) is 2.30. The maximum absolute atomic E-state index is 12.5. The quantitative estimate of drug-likeness (QED) is 0.792. The summed E-state index contributed by atoms with van der Waals surface area (Å²) >= 11 is 0. The zero-order valence-electron chi connectivity index (χ0n) is 15.7. The number of carbonyl (C=O) groups is 2. The predicted molar refractivity (Wildman–Crippen MR) is 104 cm³/mol. The standard InChI is InChI=1S/C21H26N2O3/c1-5-15(3)22-21(25)18-8-6-7-9-19(18)23-20(24)16(4)26-17-12-10-14(2)11-13-17/h6-13,15-16H,5H2,1-4H3,(H,22,25)(H,23,24)/t15-,16+/m1/s1. The number of rotatable bonds is 7. The van der Waals surface area contributed by atoms with Gasteiger partial charge in [0.15, 0.2) is 6.10 Å². The number of aryl methyl sites for hydroxylation is 1. The van der Waals surface area contributed by atoms with Gasteiger partial charge in [-0.15, -0.1) is 0 Å². The zero-order chi connectivity index (χ0) is 19.1. The molecule has 0 saturated heterocycles. The molecule has 0 saturated carbocycles. The number of benzene rings is 2. The Balaban J connectivity index is 2.06. The van der Waals surface area contributed by atoms with E-state index in [4.69, 9.17) is 4.74 Å². The van der Waals surface area contributed by atoms with E-state index in [1.54, 1.807) is 31.2 Å². The largest absolute Gasteiger partial charge is 0.481 e. The van der Waals surface area contributed by atoms with Crippen molar-refractivity contribution in [1.82, 2.24) is 5.32 Å². The lowest BCUT2D eigenvalue weighted by molar-refractivity contribution is -0.122. The van der Waals surface area contributed by atoms with E-state index < -0.39 is 6.10 Å². The van der Waals surface area contributed by atoms with E-state index in [-0.39, 0.29) is 17.9 Å². The average Bonchev–Trinajstić information content (AvgIpc) is 2.63. The van der Waals surface area contributed by atoms with Crippen molar-refractivity contribution in [3.8, 4) is 5.75 Å². The Labute approximate surface area is 154 Å². The second-order valence-corrected chi connectivity index (χ2v) is 6.39. The number of hydrogen-bond acceptors (Lipinski definition) is 3. The topological polar surface area (TPSA) is 67.4 Å². The molecule has 2 rings (SSSR count). The second-order valence-electron chi connectivity index (χ2n) is 6.39.